The van der Waals surface area contributed by atoms with E-state index in [9.17, 15) is 5.11 Å². The van der Waals surface area contributed by atoms with E-state index < -0.39 is 6.10 Å². The standard InChI is InChI=1S/C12H17NO2/c14-9-12(6-7-12)13-8-11(15)10-4-2-1-3-5-10/h1-5,11,13-15H,6-9H2. The molecule has 1 saturated carbocycles. The van der Waals surface area contributed by atoms with Crippen molar-refractivity contribution in [3.05, 3.63) is 35.9 Å². The summed E-state index contributed by atoms with van der Waals surface area (Å²) in [4.78, 5) is 0. The van der Waals surface area contributed by atoms with Gasteiger partial charge in [-0.05, 0) is 18.4 Å². The lowest BCUT2D eigenvalue weighted by atomic mass is 10.1. The summed E-state index contributed by atoms with van der Waals surface area (Å²) >= 11 is 0. The Kier molecular flexibility index (Phi) is 3.05. The lowest BCUT2D eigenvalue weighted by molar-refractivity contribution is 0.154. The monoisotopic (exact) mass is 207 g/mol. The fourth-order valence-electron chi connectivity index (χ4n) is 1.65. The van der Waals surface area contributed by atoms with Crippen LogP contribution in [-0.4, -0.2) is 28.9 Å². The third kappa shape index (κ3) is 2.56. The first-order valence-electron chi connectivity index (χ1n) is 5.35. The number of rotatable bonds is 5. The summed E-state index contributed by atoms with van der Waals surface area (Å²) in [5, 5.41) is 22.2. The zero-order valence-corrected chi connectivity index (χ0v) is 8.69. The smallest absolute Gasteiger partial charge is 0.0914 e. The van der Waals surface area contributed by atoms with Gasteiger partial charge in [-0.1, -0.05) is 30.3 Å². The van der Waals surface area contributed by atoms with E-state index in [1.54, 1.807) is 0 Å². The molecule has 0 spiro atoms. The van der Waals surface area contributed by atoms with Crippen molar-refractivity contribution in [3.63, 3.8) is 0 Å². The Hall–Kier alpha value is -0.900. The molecule has 15 heavy (non-hydrogen) atoms. The first-order valence-corrected chi connectivity index (χ1v) is 5.35. The average Bonchev–Trinajstić information content (AvgIpc) is 3.08. The second kappa shape index (κ2) is 4.31. The molecule has 3 nitrogen and oxygen atoms in total. The van der Waals surface area contributed by atoms with Crippen molar-refractivity contribution in [2.75, 3.05) is 13.2 Å². The van der Waals surface area contributed by atoms with Gasteiger partial charge in [-0.15, -0.1) is 0 Å². The van der Waals surface area contributed by atoms with Gasteiger partial charge >= 0.3 is 0 Å². The molecule has 0 radical (unpaired) electrons. The van der Waals surface area contributed by atoms with Gasteiger partial charge in [0.2, 0.25) is 0 Å². The molecule has 0 heterocycles. The highest BCUT2D eigenvalue weighted by Gasteiger charge is 2.41. The molecule has 0 amide bonds. The van der Waals surface area contributed by atoms with Crippen LogP contribution in [0.5, 0.6) is 0 Å². The molecule has 1 aromatic rings. The van der Waals surface area contributed by atoms with Crippen molar-refractivity contribution in [2.24, 2.45) is 0 Å². The fourth-order valence-corrected chi connectivity index (χ4v) is 1.65. The summed E-state index contributed by atoms with van der Waals surface area (Å²) in [6.07, 6.45) is 1.52. The van der Waals surface area contributed by atoms with E-state index in [0.29, 0.717) is 6.54 Å². The Labute approximate surface area is 89.8 Å². The van der Waals surface area contributed by atoms with Crippen LogP contribution in [0.4, 0.5) is 0 Å². The molecule has 3 heteroatoms. The molecular weight excluding hydrogens is 190 g/mol. The quantitative estimate of drug-likeness (QED) is 0.670. The summed E-state index contributed by atoms with van der Waals surface area (Å²) in [5.41, 5.74) is 0.814. The largest absolute Gasteiger partial charge is 0.394 e. The van der Waals surface area contributed by atoms with Crippen molar-refractivity contribution in [1.82, 2.24) is 5.32 Å². The molecule has 0 saturated heterocycles. The summed E-state index contributed by atoms with van der Waals surface area (Å²) < 4.78 is 0. The van der Waals surface area contributed by atoms with Crippen LogP contribution in [-0.2, 0) is 0 Å². The first kappa shape index (κ1) is 10.6. The predicted molar refractivity (Wildman–Crippen MR) is 58.5 cm³/mol. The molecule has 0 aliphatic heterocycles. The number of nitrogens with one attached hydrogen (secondary N) is 1. The van der Waals surface area contributed by atoms with Crippen LogP contribution in [0.15, 0.2) is 30.3 Å². The van der Waals surface area contributed by atoms with Crippen molar-refractivity contribution >= 4 is 0 Å². The van der Waals surface area contributed by atoms with E-state index in [1.807, 2.05) is 30.3 Å². The molecule has 82 valence electrons. The molecule has 0 bridgehead atoms. The van der Waals surface area contributed by atoms with Gasteiger partial charge in [0.25, 0.3) is 0 Å². The number of aliphatic hydroxyl groups is 2. The van der Waals surface area contributed by atoms with Crippen LogP contribution >= 0.6 is 0 Å². The van der Waals surface area contributed by atoms with Crippen LogP contribution in [0.2, 0.25) is 0 Å². The third-order valence-electron chi connectivity index (χ3n) is 3.01. The molecule has 1 aromatic carbocycles. The molecule has 0 aromatic heterocycles. The van der Waals surface area contributed by atoms with Crippen molar-refractivity contribution in [1.29, 1.82) is 0 Å². The maximum Gasteiger partial charge on any atom is 0.0914 e. The fraction of sp³-hybridized carbons (Fsp3) is 0.500. The molecule has 1 atom stereocenters. The van der Waals surface area contributed by atoms with Gasteiger partial charge < -0.3 is 15.5 Å². The average molecular weight is 207 g/mol. The SMILES string of the molecule is OCC1(NCC(O)c2ccccc2)CC1. The summed E-state index contributed by atoms with van der Waals surface area (Å²) in [7, 11) is 0. The van der Waals surface area contributed by atoms with Gasteiger partial charge in [-0.3, -0.25) is 0 Å². The van der Waals surface area contributed by atoms with Crippen LogP contribution in [0, 0.1) is 0 Å². The lowest BCUT2D eigenvalue weighted by Crippen LogP contribution is -2.37. The highest BCUT2D eigenvalue weighted by Crippen LogP contribution is 2.34. The zero-order chi connectivity index (χ0) is 10.7. The van der Waals surface area contributed by atoms with Crippen LogP contribution in [0.3, 0.4) is 0 Å². The van der Waals surface area contributed by atoms with Crippen LogP contribution in [0.25, 0.3) is 0 Å². The Morgan fingerprint density at radius 1 is 1.27 bits per heavy atom. The molecule has 1 aliphatic carbocycles. The van der Waals surface area contributed by atoms with E-state index >= 15 is 0 Å². The van der Waals surface area contributed by atoms with Crippen LogP contribution in [0.1, 0.15) is 24.5 Å². The minimum absolute atomic E-state index is 0.101. The molecular formula is C12H17NO2. The van der Waals surface area contributed by atoms with Gasteiger partial charge in [0.1, 0.15) is 0 Å². The van der Waals surface area contributed by atoms with Gasteiger partial charge in [0.15, 0.2) is 0 Å². The summed E-state index contributed by atoms with van der Waals surface area (Å²) in [5.74, 6) is 0. The molecule has 3 N–H and O–H groups in total. The van der Waals surface area contributed by atoms with E-state index in [-0.39, 0.29) is 12.1 Å². The van der Waals surface area contributed by atoms with Gasteiger partial charge in [-0.2, -0.15) is 0 Å². The maximum atomic E-state index is 9.86. The number of β-amino-alcohol motifs (C(OH)–C–C–N with tert-alkyl or cyclic N) is 1. The topological polar surface area (TPSA) is 52.5 Å². The molecule has 2 rings (SSSR count). The molecule has 1 aliphatic rings. The van der Waals surface area contributed by atoms with E-state index in [2.05, 4.69) is 5.32 Å². The number of aliphatic hydroxyl groups excluding tert-OH is 2. The second-order valence-corrected chi connectivity index (χ2v) is 4.25. The zero-order valence-electron chi connectivity index (χ0n) is 8.69. The van der Waals surface area contributed by atoms with Crippen LogP contribution < -0.4 is 5.32 Å². The normalized spacial score (nSPS) is 19.9. The van der Waals surface area contributed by atoms with E-state index in [0.717, 1.165) is 18.4 Å². The van der Waals surface area contributed by atoms with Gasteiger partial charge in [0.05, 0.1) is 12.7 Å². The highest BCUT2D eigenvalue weighted by molar-refractivity contribution is 5.18. The third-order valence-corrected chi connectivity index (χ3v) is 3.01. The first-order chi connectivity index (χ1) is 7.26. The maximum absolute atomic E-state index is 9.86. The van der Waals surface area contributed by atoms with Crippen molar-refractivity contribution < 1.29 is 10.2 Å². The second-order valence-electron chi connectivity index (χ2n) is 4.25. The Morgan fingerprint density at radius 3 is 2.47 bits per heavy atom. The Morgan fingerprint density at radius 2 is 1.93 bits per heavy atom. The summed E-state index contributed by atoms with van der Waals surface area (Å²) in [6.45, 7) is 0.666. The van der Waals surface area contributed by atoms with Gasteiger partial charge in [0, 0.05) is 12.1 Å². The molecule has 1 unspecified atom stereocenters. The van der Waals surface area contributed by atoms with Crippen molar-refractivity contribution in [3.8, 4) is 0 Å². The van der Waals surface area contributed by atoms with E-state index in [1.165, 1.54) is 0 Å². The number of hydrogen-bond acceptors (Lipinski definition) is 3. The lowest BCUT2D eigenvalue weighted by Gasteiger charge is -2.17. The van der Waals surface area contributed by atoms with Crippen molar-refractivity contribution in [2.45, 2.75) is 24.5 Å². The highest BCUT2D eigenvalue weighted by atomic mass is 16.3. The molecule has 1 fully saturated rings. The summed E-state index contributed by atoms with van der Waals surface area (Å²) in [6, 6.07) is 9.57. The number of benzene rings is 1. The number of hydrogen-bond donors (Lipinski definition) is 3. The van der Waals surface area contributed by atoms with E-state index in [4.69, 9.17) is 5.11 Å². The Bertz CT molecular complexity index is 309. The van der Waals surface area contributed by atoms with Gasteiger partial charge in [-0.25, -0.2) is 0 Å². The Balaban J connectivity index is 1.85. The minimum Gasteiger partial charge on any atom is -0.394 e. The predicted octanol–water partition coefficient (Wildman–Crippen LogP) is 0.834. The minimum atomic E-state index is -0.491.